The first-order valence-electron chi connectivity index (χ1n) is 9.41. The fourth-order valence-electron chi connectivity index (χ4n) is 3.57. The van der Waals surface area contributed by atoms with E-state index in [9.17, 15) is 14.0 Å². The highest BCUT2D eigenvalue weighted by Crippen LogP contribution is 2.29. The van der Waals surface area contributed by atoms with E-state index in [2.05, 4.69) is 9.97 Å². The lowest BCUT2D eigenvalue weighted by atomic mass is 10.2. The molecule has 0 fully saturated rings. The summed E-state index contributed by atoms with van der Waals surface area (Å²) in [7, 11) is 0. The van der Waals surface area contributed by atoms with Gasteiger partial charge in [0, 0.05) is 18.5 Å². The normalized spacial score (nSPS) is 13.0. The van der Waals surface area contributed by atoms with Gasteiger partial charge < -0.3 is 9.15 Å². The van der Waals surface area contributed by atoms with Crippen LogP contribution in [0.2, 0.25) is 0 Å². The third-order valence-electron chi connectivity index (χ3n) is 5.09. The molecule has 7 nitrogen and oxygen atoms in total. The number of rotatable bonds is 4. The maximum Gasteiger partial charge on any atom is 0.349 e. The van der Waals surface area contributed by atoms with E-state index >= 15 is 0 Å². The number of aromatic nitrogens is 3. The highest BCUT2D eigenvalue weighted by Gasteiger charge is 2.24. The van der Waals surface area contributed by atoms with Crippen molar-refractivity contribution in [1.82, 2.24) is 14.5 Å². The first kappa shape index (κ1) is 18.7. The molecule has 0 unspecified atom stereocenters. The Balaban J connectivity index is 1.36. The quantitative estimate of drug-likeness (QED) is 0.462. The number of hydrogen-bond donors (Lipinski definition) is 0. The number of hydrogen-bond acceptors (Lipinski definition) is 7. The predicted octanol–water partition coefficient (Wildman–Crippen LogP) is 3.86. The minimum Gasteiger partial charge on any atom is -0.455 e. The standard InChI is InChI=1S/C21H16FN3O4S/c1-11-16-19(24-15-3-2-8-25(15)20(16)26)30-17(11)21(27)29-10-14-9-28-18(23-14)12-4-6-13(22)7-5-12/h4-7,9H,2-3,8,10H2,1H3. The summed E-state index contributed by atoms with van der Waals surface area (Å²) < 4.78 is 25.5. The van der Waals surface area contributed by atoms with Crippen molar-refractivity contribution in [3.63, 3.8) is 0 Å². The largest absolute Gasteiger partial charge is 0.455 e. The molecule has 1 aliphatic heterocycles. The Bertz CT molecular complexity index is 1340. The fourth-order valence-corrected chi connectivity index (χ4v) is 4.66. The number of nitrogens with zero attached hydrogens (tertiary/aromatic N) is 3. The monoisotopic (exact) mass is 425 g/mol. The maximum absolute atomic E-state index is 13.0. The van der Waals surface area contributed by atoms with Crippen LogP contribution in [-0.2, 0) is 24.3 Å². The zero-order chi connectivity index (χ0) is 20.8. The molecular formula is C21H16FN3O4S. The number of fused-ring (bicyclic) bond motifs is 2. The van der Waals surface area contributed by atoms with Crippen LogP contribution < -0.4 is 5.56 Å². The Morgan fingerprint density at radius 3 is 2.90 bits per heavy atom. The van der Waals surface area contributed by atoms with Gasteiger partial charge in [0.15, 0.2) is 0 Å². The van der Waals surface area contributed by atoms with E-state index in [0.717, 1.165) is 18.7 Å². The number of halogens is 1. The van der Waals surface area contributed by atoms with Crippen molar-refractivity contribution >= 4 is 27.5 Å². The summed E-state index contributed by atoms with van der Waals surface area (Å²) in [5.41, 5.74) is 1.54. The molecule has 1 aromatic carbocycles. The summed E-state index contributed by atoms with van der Waals surface area (Å²) in [5, 5.41) is 0.484. The van der Waals surface area contributed by atoms with Crippen molar-refractivity contribution in [2.45, 2.75) is 32.9 Å². The van der Waals surface area contributed by atoms with Gasteiger partial charge in [-0.15, -0.1) is 11.3 Å². The number of aryl methyl sites for hydroxylation is 2. The zero-order valence-electron chi connectivity index (χ0n) is 16.0. The highest BCUT2D eigenvalue weighted by molar-refractivity contribution is 7.20. The van der Waals surface area contributed by atoms with Crippen molar-refractivity contribution in [2.24, 2.45) is 0 Å². The molecule has 0 saturated carbocycles. The molecule has 0 amide bonds. The lowest BCUT2D eigenvalue weighted by molar-refractivity contribution is 0.0473. The summed E-state index contributed by atoms with van der Waals surface area (Å²) in [6, 6.07) is 5.74. The molecule has 0 bridgehead atoms. The number of carbonyl (C=O) groups excluding carboxylic acids is 1. The van der Waals surface area contributed by atoms with Gasteiger partial charge in [-0.3, -0.25) is 9.36 Å². The molecule has 9 heteroatoms. The van der Waals surface area contributed by atoms with E-state index in [0.29, 0.717) is 44.4 Å². The number of ether oxygens (including phenoxy) is 1. The van der Waals surface area contributed by atoms with Gasteiger partial charge in [0.05, 0.1) is 5.39 Å². The molecule has 1 aliphatic rings. The minimum atomic E-state index is -0.536. The first-order chi connectivity index (χ1) is 14.5. The maximum atomic E-state index is 13.0. The smallest absolute Gasteiger partial charge is 0.349 e. The molecule has 30 heavy (non-hydrogen) atoms. The van der Waals surface area contributed by atoms with Gasteiger partial charge in [0.2, 0.25) is 5.89 Å². The number of thiophene rings is 1. The van der Waals surface area contributed by atoms with Crippen LogP contribution in [0.3, 0.4) is 0 Å². The summed E-state index contributed by atoms with van der Waals surface area (Å²) in [5.74, 6) is 0.194. The van der Waals surface area contributed by atoms with Gasteiger partial charge in [0.1, 0.15) is 39.9 Å². The van der Waals surface area contributed by atoms with Crippen molar-refractivity contribution in [3.8, 4) is 11.5 Å². The van der Waals surface area contributed by atoms with Gasteiger partial charge in [-0.2, -0.15) is 0 Å². The van der Waals surface area contributed by atoms with Crippen LogP contribution in [-0.4, -0.2) is 20.5 Å². The second-order valence-corrected chi connectivity index (χ2v) is 8.05. The Hall–Kier alpha value is -3.33. The van der Waals surface area contributed by atoms with Crippen LogP contribution in [0.4, 0.5) is 4.39 Å². The van der Waals surface area contributed by atoms with Crippen LogP contribution in [0.15, 0.2) is 39.7 Å². The zero-order valence-corrected chi connectivity index (χ0v) is 16.8. The van der Waals surface area contributed by atoms with E-state index in [4.69, 9.17) is 9.15 Å². The van der Waals surface area contributed by atoms with Crippen LogP contribution in [0, 0.1) is 12.7 Å². The average Bonchev–Trinajstić information content (AvgIpc) is 3.46. The average molecular weight is 425 g/mol. The first-order valence-corrected chi connectivity index (χ1v) is 10.2. The molecule has 5 rings (SSSR count). The molecule has 0 atom stereocenters. The molecule has 0 N–H and O–H groups in total. The van der Waals surface area contributed by atoms with E-state index in [1.54, 1.807) is 23.6 Å². The van der Waals surface area contributed by atoms with Gasteiger partial charge in [-0.05, 0) is 43.2 Å². The number of benzene rings is 1. The van der Waals surface area contributed by atoms with Crippen LogP contribution in [0.1, 0.15) is 33.2 Å². The van der Waals surface area contributed by atoms with Crippen molar-refractivity contribution in [1.29, 1.82) is 0 Å². The lowest BCUT2D eigenvalue weighted by Crippen LogP contribution is -2.20. The SMILES string of the molecule is Cc1c(C(=O)OCc2coc(-c3ccc(F)cc3)n2)sc2nc3n(c(=O)c12)CCC3. The van der Waals surface area contributed by atoms with Gasteiger partial charge in [-0.25, -0.2) is 19.2 Å². The Morgan fingerprint density at radius 1 is 1.30 bits per heavy atom. The Kier molecular flexibility index (Phi) is 4.47. The lowest BCUT2D eigenvalue weighted by Gasteiger charge is -2.02. The molecule has 0 saturated heterocycles. The molecular weight excluding hydrogens is 409 g/mol. The van der Waals surface area contributed by atoms with Crippen molar-refractivity contribution in [3.05, 3.63) is 68.7 Å². The third kappa shape index (κ3) is 3.11. The summed E-state index contributed by atoms with van der Waals surface area (Å²) in [6.45, 7) is 2.32. The van der Waals surface area contributed by atoms with E-state index in [-0.39, 0.29) is 18.0 Å². The molecule has 0 aliphatic carbocycles. The number of oxazole rings is 1. The molecule has 3 aromatic heterocycles. The summed E-state index contributed by atoms with van der Waals surface area (Å²) >= 11 is 1.17. The molecule has 0 radical (unpaired) electrons. The molecule has 0 spiro atoms. The van der Waals surface area contributed by atoms with Crippen molar-refractivity contribution < 1.29 is 18.3 Å². The highest BCUT2D eigenvalue weighted by atomic mass is 32.1. The summed E-state index contributed by atoms with van der Waals surface area (Å²) in [6.07, 6.45) is 3.07. The van der Waals surface area contributed by atoms with E-state index in [1.807, 2.05) is 0 Å². The molecule has 152 valence electrons. The van der Waals surface area contributed by atoms with Crippen molar-refractivity contribution in [2.75, 3.05) is 0 Å². The van der Waals surface area contributed by atoms with Crippen LogP contribution in [0.25, 0.3) is 21.7 Å². The van der Waals surface area contributed by atoms with Gasteiger partial charge in [-0.1, -0.05) is 0 Å². The van der Waals surface area contributed by atoms with E-state index in [1.165, 1.54) is 29.7 Å². The van der Waals surface area contributed by atoms with Gasteiger partial charge >= 0.3 is 5.97 Å². The van der Waals surface area contributed by atoms with Crippen LogP contribution in [0.5, 0.6) is 0 Å². The Morgan fingerprint density at radius 2 is 2.10 bits per heavy atom. The topological polar surface area (TPSA) is 87.2 Å². The minimum absolute atomic E-state index is 0.0832. The number of carbonyl (C=O) groups is 1. The fraction of sp³-hybridized carbons (Fsp3) is 0.238. The van der Waals surface area contributed by atoms with Crippen LogP contribution >= 0.6 is 11.3 Å². The van der Waals surface area contributed by atoms with E-state index < -0.39 is 5.97 Å². The number of esters is 1. The summed E-state index contributed by atoms with van der Waals surface area (Å²) in [4.78, 5) is 35.1. The van der Waals surface area contributed by atoms with Gasteiger partial charge in [0.25, 0.3) is 5.56 Å². The Labute approximate surface area is 173 Å². The molecule has 4 heterocycles. The third-order valence-corrected chi connectivity index (χ3v) is 6.26. The molecule has 4 aromatic rings. The second kappa shape index (κ2) is 7.17. The predicted molar refractivity (Wildman–Crippen MR) is 108 cm³/mol. The second-order valence-electron chi connectivity index (χ2n) is 7.05.